The van der Waals surface area contributed by atoms with Gasteiger partial charge in [0.15, 0.2) is 5.84 Å². The normalized spacial score (nSPS) is 16.0. The van der Waals surface area contributed by atoms with Gasteiger partial charge in [0.05, 0.1) is 23.8 Å². The number of ether oxygens (including phenoxy) is 2. The summed E-state index contributed by atoms with van der Waals surface area (Å²) in [5.41, 5.74) is 1.56. The molecule has 1 amide bonds. The van der Waals surface area contributed by atoms with Gasteiger partial charge in [-0.2, -0.15) is 15.1 Å². The third-order valence-electron chi connectivity index (χ3n) is 5.19. The number of benzene rings is 2. The minimum absolute atomic E-state index is 0.0498. The fraction of sp³-hybridized carbons (Fsp3) is 0.115. The Morgan fingerprint density at radius 2 is 1.89 bits per heavy atom. The topological polar surface area (TPSA) is 100 Å². The Bertz CT molecular complexity index is 1390. The molecule has 0 saturated heterocycles. The van der Waals surface area contributed by atoms with Crippen LogP contribution >= 0.6 is 23.4 Å². The average molecular weight is 518 g/mol. The summed E-state index contributed by atoms with van der Waals surface area (Å²) in [5, 5.41) is 15.7. The second kappa shape index (κ2) is 10.8. The monoisotopic (exact) mass is 517 g/mol. The van der Waals surface area contributed by atoms with Gasteiger partial charge in [0.25, 0.3) is 5.91 Å². The van der Waals surface area contributed by atoms with Gasteiger partial charge < -0.3 is 9.47 Å². The van der Waals surface area contributed by atoms with Gasteiger partial charge in [-0.15, -0.1) is 0 Å². The van der Waals surface area contributed by atoms with E-state index in [1.807, 2.05) is 36.4 Å². The number of nitrogens with zero attached hydrogens (tertiary/aromatic N) is 4. The first-order valence-electron chi connectivity index (χ1n) is 11.1. The first-order valence-corrected chi connectivity index (χ1v) is 12.3. The molecule has 1 aromatic heterocycles. The zero-order chi connectivity index (χ0) is 24.9. The Balaban J connectivity index is 1.23. The number of thioether (sulfide) groups is 1. The highest BCUT2D eigenvalue weighted by atomic mass is 35.5. The molecule has 10 heteroatoms. The number of hydrogen-bond donors (Lipinski definition) is 1. The Kier molecular flexibility index (Phi) is 7.11. The van der Waals surface area contributed by atoms with E-state index in [1.54, 1.807) is 42.7 Å². The molecule has 0 unspecified atom stereocenters. The number of halogens is 1. The summed E-state index contributed by atoms with van der Waals surface area (Å²) in [7, 11) is 0. The van der Waals surface area contributed by atoms with E-state index in [4.69, 9.17) is 26.5 Å². The quantitative estimate of drug-likeness (QED) is 0.323. The fourth-order valence-corrected chi connectivity index (χ4v) is 4.56. The number of carbonyl (C=O) groups excluding carboxylic acids is 1. The number of carbonyl (C=O) groups is 1. The number of para-hydroxylation sites is 1. The highest BCUT2D eigenvalue weighted by Gasteiger charge is 2.36. The third kappa shape index (κ3) is 5.32. The summed E-state index contributed by atoms with van der Waals surface area (Å²) in [6.45, 7) is 0.968. The van der Waals surface area contributed by atoms with Crippen molar-refractivity contribution in [2.45, 2.75) is 6.42 Å². The van der Waals surface area contributed by atoms with E-state index >= 15 is 0 Å². The maximum absolute atomic E-state index is 12.7. The Hall–Kier alpha value is -3.95. The molecule has 0 spiro atoms. The Morgan fingerprint density at radius 3 is 2.67 bits per heavy atom. The number of amides is 1. The van der Waals surface area contributed by atoms with Gasteiger partial charge in [-0.25, -0.2) is 0 Å². The second-order valence-electron chi connectivity index (χ2n) is 7.72. The number of nitrogens with one attached hydrogen (secondary N) is 1. The maximum atomic E-state index is 12.7. The molecule has 3 aromatic rings. The van der Waals surface area contributed by atoms with Crippen molar-refractivity contribution in [3.8, 4) is 11.5 Å². The van der Waals surface area contributed by atoms with Gasteiger partial charge in [0.2, 0.25) is 5.17 Å². The van der Waals surface area contributed by atoms with E-state index in [-0.39, 0.29) is 11.4 Å². The smallest absolute Gasteiger partial charge is 0.283 e. The van der Waals surface area contributed by atoms with Crippen molar-refractivity contribution in [1.29, 1.82) is 5.41 Å². The van der Waals surface area contributed by atoms with E-state index in [9.17, 15) is 4.79 Å². The summed E-state index contributed by atoms with van der Waals surface area (Å²) >= 11 is 7.64. The highest BCUT2D eigenvalue weighted by Crippen LogP contribution is 2.32. The highest BCUT2D eigenvalue weighted by molar-refractivity contribution is 8.27. The lowest BCUT2D eigenvalue weighted by molar-refractivity contribution is -0.114. The van der Waals surface area contributed by atoms with Crippen LogP contribution in [0.4, 0.5) is 0 Å². The Labute approximate surface area is 216 Å². The number of hydrazone groups is 1. The van der Waals surface area contributed by atoms with Crippen LogP contribution in [0.25, 0.3) is 6.08 Å². The molecule has 180 valence electrons. The third-order valence-corrected chi connectivity index (χ3v) is 6.44. The van der Waals surface area contributed by atoms with Gasteiger partial charge in [0.1, 0.15) is 16.5 Å². The molecule has 36 heavy (non-hydrogen) atoms. The molecule has 0 saturated carbocycles. The molecule has 8 nitrogen and oxygen atoms in total. The lowest BCUT2D eigenvalue weighted by Gasteiger charge is -2.20. The Morgan fingerprint density at radius 1 is 1.06 bits per heavy atom. The van der Waals surface area contributed by atoms with E-state index in [0.29, 0.717) is 46.2 Å². The first kappa shape index (κ1) is 23.8. The predicted octanol–water partition coefficient (Wildman–Crippen LogP) is 5.25. The molecular weight excluding hydrogens is 498 g/mol. The number of hydrogen-bond acceptors (Lipinski definition) is 7. The molecule has 2 aliphatic heterocycles. The standard InChI is InChI=1S/C26H20ClN5O3S/c27-21-15-17(9-10-22(21)35-13-5-12-34-19-7-2-1-3-8-19)14-20-23(28)32-26(30-24(20)33)36-25(31-32)18-6-4-11-29-16-18/h1-4,6-11,14-16,28H,5,12-13H2. The van der Waals surface area contributed by atoms with Crippen molar-refractivity contribution in [2.24, 2.45) is 10.1 Å². The minimum atomic E-state index is -0.503. The van der Waals surface area contributed by atoms with Crippen LogP contribution in [0.3, 0.4) is 0 Å². The molecule has 0 radical (unpaired) electrons. The summed E-state index contributed by atoms with van der Waals surface area (Å²) in [5.74, 6) is 0.798. The molecule has 3 heterocycles. The van der Waals surface area contributed by atoms with E-state index in [2.05, 4.69) is 15.1 Å². The molecule has 5 rings (SSSR count). The second-order valence-corrected chi connectivity index (χ2v) is 9.08. The van der Waals surface area contributed by atoms with Crippen molar-refractivity contribution >= 4 is 51.4 Å². The van der Waals surface area contributed by atoms with Crippen LogP contribution in [0.1, 0.15) is 17.5 Å². The zero-order valence-corrected chi connectivity index (χ0v) is 20.5. The number of aliphatic imine (C=N–C) groups is 1. The van der Waals surface area contributed by atoms with Gasteiger partial charge in [-0.3, -0.25) is 15.2 Å². The average Bonchev–Trinajstić information content (AvgIpc) is 3.33. The molecule has 0 atom stereocenters. The van der Waals surface area contributed by atoms with E-state index in [0.717, 1.165) is 11.3 Å². The summed E-state index contributed by atoms with van der Waals surface area (Å²) in [6.07, 6.45) is 5.62. The fourth-order valence-electron chi connectivity index (χ4n) is 3.44. The lowest BCUT2D eigenvalue weighted by Crippen LogP contribution is -2.35. The van der Waals surface area contributed by atoms with Crippen molar-refractivity contribution in [3.05, 3.63) is 94.8 Å². The van der Waals surface area contributed by atoms with Crippen LogP contribution in [-0.4, -0.2) is 45.2 Å². The molecule has 0 fully saturated rings. The number of pyridine rings is 1. The SMILES string of the molecule is N=C1C(=Cc2ccc(OCCCOc3ccccc3)c(Cl)c2)C(=O)N=C2SC(c3cccnc3)=NN12. The maximum Gasteiger partial charge on any atom is 0.283 e. The van der Waals surface area contributed by atoms with Gasteiger partial charge >= 0.3 is 0 Å². The zero-order valence-electron chi connectivity index (χ0n) is 18.9. The van der Waals surface area contributed by atoms with Crippen LogP contribution in [0.15, 0.2) is 88.7 Å². The molecule has 2 aliphatic rings. The van der Waals surface area contributed by atoms with Gasteiger partial charge in [-0.1, -0.05) is 35.9 Å². The van der Waals surface area contributed by atoms with Crippen molar-refractivity contribution < 1.29 is 14.3 Å². The molecule has 1 N–H and O–H groups in total. The van der Waals surface area contributed by atoms with E-state index < -0.39 is 5.91 Å². The van der Waals surface area contributed by atoms with Gasteiger partial charge in [-0.05, 0) is 59.8 Å². The van der Waals surface area contributed by atoms with Crippen LogP contribution in [0, 0.1) is 5.41 Å². The minimum Gasteiger partial charge on any atom is -0.493 e. The molecular formula is C26H20ClN5O3S. The van der Waals surface area contributed by atoms with E-state index in [1.165, 1.54) is 16.8 Å². The van der Waals surface area contributed by atoms with Crippen molar-refractivity contribution in [1.82, 2.24) is 9.99 Å². The van der Waals surface area contributed by atoms with Crippen LogP contribution in [-0.2, 0) is 4.79 Å². The molecule has 2 aromatic carbocycles. The van der Waals surface area contributed by atoms with Crippen LogP contribution in [0.5, 0.6) is 11.5 Å². The summed E-state index contributed by atoms with van der Waals surface area (Å²) < 4.78 is 11.4. The number of rotatable bonds is 8. The number of aromatic nitrogens is 1. The molecule has 0 bridgehead atoms. The van der Waals surface area contributed by atoms with Crippen molar-refractivity contribution in [3.63, 3.8) is 0 Å². The predicted molar refractivity (Wildman–Crippen MR) is 142 cm³/mol. The largest absolute Gasteiger partial charge is 0.493 e. The van der Waals surface area contributed by atoms with Crippen molar-refractivity contribution in [2.75, 3.05) is 13.2 Å². The lowest BCUT2D eigenvalue weighted by atomic mass is 10.1. The number of amidine groups is 2. The number of fused-ring (bicyclic) bond motifs is 1. The first-order chi connectivity index (χ1) is 17.6. The summed E-state index contributed by atoms with van der Waals surface area (Å²) in [4.78, 5) is 20.9. The summed E-state index contributed by atoms with van der Waals surface area (Å²) in [6, 6.07) is 18.5. The van der Waals surface area contributed by atoms with Gasteiger partial charge in [0, 0.05) is 24.4 Å². The van der Waals surface area contributed by atoms with Crippen LogP contribution in [0.2, 0.25) is 5.02 Å². The van der Waals surface area contributed by atoms with Crippen LogP contribution < -0.4 is 9.47 Å². The molecule has 0 aliphatic carbocycles.